The van der Waals surface area contributed by atoms with Gasteiger partial charge in [-0.15, -0.1) is 5.73 Å². The zero-order valence-electron chi connectivity index (χ0n) is 12.9. The summed E-state index contributed by atoms with van der Waals surface area (Å²) < 4.78 is 0. The van der Waals surface area contributed by atoms with Crippen LogP contribution in [0.15, 0.2) is 95.4 Å². The first-order chi connectivity index (χ1) is 11.3. The van der Waals surface area contributed by atoms with Gasteiger partial charge in [0.05, 0.1) is 0 Å². The van der Waals surface area contributed by atoms with Gasteiger partial charge in [-0.1, -0.05) is 66.9 Å². The second-order valence-corrected chi connectivity index (χ2v) is 5.83. The van der Waals surface area contributed by atoms with E-state index in [1.54, 1.807) is 17.1 Å². The van der Waals surface area contributed by atoms with Crippen molar-refractivity contribution in [2.75, 3.05) is 6.54 Å². The molecule has 0 N–H and O–H groups in total. The van der Waals surface area contributed by atoms with Gasteiger partial charge in [-0.3, -0.25) is 4.79 Å². The Balaban J connectivity index is 1.99. The largest absolute Gasteiger partial charge is 0.330 e. The molecule has 0 atom stereocenters. The molecule has 2 rings (SSSR count). The SMILES string of the molecule is C=C=CCN(Cc1ccccc1)C(=O)/C=C\Sc1ccccc1. The second-order valence-electron chi connectivity index (χ2n) is 4.85. The highest BCUT2D eigenvalue weighted by molar-refractivity contribution is 8.02. The van der Waals surface area contributed by atoms with Gasteiger partial charge in [-0.05, 0) is 29.2 Å². The van der Waals surface area contributed by atoms with E-state index in [2.05, 4.69) is 12.3 Å². The number of hydrogen-bond donors (Lipinski definition) is 0. The van der Waals surface area contributed by atoms with Gasteiger partial charge in [-0.2, -0.15) is 0 Å². The van der Waals surface area contributed by atoms with Crippen LogP contribution in [0.5, 0.6) is 0 Å². The molecule has 0 aliphatic heterocycles. The Bertz CT molecular complexity index is 688. The molecule has 1 amide bonds. The fourth-order valence-corrected chi connectivity index (χ4v) is 2.64. The average molecular weight is 321 g/mol. The summed E-state index contributed by atoms with van der Waals surface area (Å²) in [5.74, 6) is -0.0243. The van der Waals surface area contributed by atoms with Gasteiger partial charge in [-0.25, -0.2) is 0 Å². The van der Waals surface area contributed by atoms with Gasteiger partial charge in [0.25, 0.3) is 0 Å². The third-order valence-electron chi connectivity index (χ3n) is 3.14. The summed E-state index contributed by atoms with van der Waals surface area (Å²) >= 11 is 1.53. The molecular formula is C20H19NOS. The van der Waals surface area contributed by atoms with Gasteiger partial charge in [0.2, 0.25) is 5.91 Å². The van der Waals surface area contributed by atoms with Crippen molar-refractivity contribution in [3.8, 4) is 0 Å². The quantitative estimate of drug-likeness (QED) is 0.420. The number of benzene rings is 2. The van der Waals surface area contributed by atoms with Crippen molar-refractivity contribution < 1.29 is 4.79 Å². The summed E-state index contributed by atoms with van der Waals surface area (Å²) in [5, 5.41) is 1.83. The number of thioether (sulfide) groups is 1. The van der Waals surface area contributed by atoms with Crippen LogP contribution < -0.4 is 0 Å². The summed E-state index contributed by atoms with van der Waals surface area (Å²) in [6, 6.07) is 19.9. The van der Waals surface area contributed by atoms with Crippen molar-refractivity contribution in [1.29, 1.82) is 0 Å². The normalized spacial score (nSPS) is 10.3. The lowest BCUT2D eigenvalue weighted by Gasteiger charge is -2.19. The molecule has 2 nitrogen and oxygen atoms in total. The number of hydrogen-bond acceptors (Lipinski definition) is 2. The molecule has 2 aromatic rings. The Labute approximate surface area is 141 Å². The first kappa shape index (κ1) is 16.9. The molecular weight excluding hydrogens is 302 g/mol. The maximum Gasteiger partial charge on any atom is 0.247 e. The van der Waals surface area contributed by atoms with E-state index in [4.69, 9.17) is 0 Å². The van der Waals surface area contributed by atoms with Crippen molar-refractivity contribution in [1.82, 2.24) is 4.90 Å². The van der Waals surface area contributed by atoms with Crippen molar-refractivity contribution in [2.24, 2.45) is 0 Å². The van der Waals surface area contributed by atoms with E-state index < -0.39 is 0 Å². The molecule has 116 valence electrons. The smallest absolute Gasteiger partial charge is 0.247 e. The molecule has 0 aromatic heterocycles. The Morgan fingerprint density at radius 3 is 2.39 bits per heavy atom. The van der Waals surface area contributed by atoms with Crippen LogP contribution in [-0.2, 0) is 11.3 Å². The van der Waals surface area contributed by atoms with Crippen LogP contribution in [0.1, 0.15) is 5.56 Å². The van der Waals surface area contributed by atoms with Gasteiger partial charge in [0, 0.05) is 24.1 Å². The highest BCUT2D eigenvalue weighted by Gasteiger charge is 2.09. The second kappa shape index (κ2) is 9.52. The van der Waals surface area contributed by atoms with Crippen molar-refractivity contribution in [2.45, 2.75) is 11.4 Å². The standard InChI is InChI=1S/C20H19NOS/c1-2-3-15-21(17-18-10-6-4-7-11-18)20(22)14-16-23-19-12-8-5-9-13-19/h3-14,16H,1,15,17H2/b16-14-. The van der Waals surface area contributed by atoms with E-state index in [0.29, 0.717) is 13.1 Å². The summed E-state index contributed by atoms with van der Waals surface area (Å²) in [7, 11) is 0. The van der Waals surface area contributed by atoms with E-state index >= 15 is 0 Å². The van der Waals surface area contributed by atoms with Crippen LogP contribution in [0, 0.1) is 0 Å². The molecule has 0 fully saturated rings. The van der Waals surface area contributed by atoms with Crippen LogP contribution in [0.3, 0.4) is 0 Å². The molecule has 0 aliphatic carbocycles. The highest BCUT2D eigenvalue weighted by atomic mass is 32.2. The number of amides is 1. The summed E-state index contributed by atoms with van der Waals surface area (Å²) in [5.41, 5.74) is 3.82. The van der Waals surface area contributed by atoms with Crippen LogP contribution in [0.25, 0.3) is 0 Å². The average Bonchev–Trinajstić information content (AvgIpc) is 2.60. The van der Waals surface area contributed by atoms with Gasteiger partial charge >= 0.3 is 0 Å². The molecule has 0 bridgehead atoms. The third-order valence-corrected chi connectivity index (χ3v) is 3.96. The molecule has 0 radical (unpaired) electrons. The van der Waals surface area contributed by atoms with Crippen molar-refractivity contribution in [3.63, 3.8) is 0 Å². The Morgan fingerprint density at radius 2 is 1.74 bits per heavy atom. The highest BCUT2D eigenvalue weighted by Crippen LogP contribution is 2.18. The summed E-state index contributed by atoms with van der Waals surface area (Å²) in [6.07, 6.45) is 3.37. The third kappa shape index (κ3) is 6.03. The lowest BCUT2D eigenvalue weighted by Crippen LogP contribution is -2.29. The predicted octanol–water partition coefficient (Wildman–Crippen LogP) is 4.66. The monoisotopic (exact) mass is 321 g/mol. The Hall–Kier alpha value is -2.48. The number of carbonyl (C=O) groups excluding carboxylic acids is 1. The molecule has 0 heterocycles. The zero-order chi connectivity index (χ0) is 16.3. The molecule has 23 heavy (non-hydrogen) atoms. The fourth-order valence-electron chi connectivity index (χ4n) is 1.99. The van der Waals surface area contributed by atoms with E-state index in [1.807, 2.05) is 66.1 Å². The molecule has 3 heteroatoms. The summed E-state index contributed by atoms with van der Waals surface area (Å²) in [6.45, 7) is 4.63. The molecule has 0 spiro atoms. The topological polar surface area (TPSA) is 20.3 Å². The van der Waals surface area contributed by atoms with E-state index in [0.717, 1.165) is 10.5 Å². The Kier molecular flexibility index (Phi) is 6.99. The lowest BCUT2D eigenvalue weighted by atomic mass is 10.2. The van der Waals surface area contributed by atoms with Crippen molar-refractivity contribution in [3.05, 3.63) is 96.1 Å². The lowest BCUT2D eigenvalue weighted by molar-refractivity contribution is -0.126. The van der Waals surface area contributed by atoms with Crippen LogP contribution in [0.2, 0.25) is 0 Å². The molecule has 0 aliphatic rings. The van der Waals surface area contributed by atoms with Gasteiger partial charge in [0.15, 0.2) is 0 Å². The van der Waals surface area contributed by atoms with Crippen LogP contribution >= 0.6 is 11.8 Å². The van der Waals surface area contributed by atoms with E-state index in [-0.39, 0.29) is 5.91 Å². The maximum atomic E-state index is 12.4. The zero-order valence-corrected chi connectivity index (χ0v) is 13.7. The predicted molar refractivity (Wildman–Crippen MR) is 97.0 cm³/mol. The number of nitrogens with zero attached hydrogens (tertiary/aromatic N) is 1. The minimum absolute atomic E-state index is 0.0243. The molecule has 2 aromatic carbocycles. The van der Waals surface area contributed by atoms with E-state index in [9.17, 15) is 4.79 Å². The van der Waals surface area contributed by atoms with Gasteiger partial charge < -0.3 is 4.90 Å². The first-order valence-corrected chi connectivity index (χ1v) is 8.23. The van der Waals surface area contributed by atoms with Crippen LogP contribution in [0.4, 0.5) is 0 Å². The maximum absolute atomic E-state index is 12.4. The fraction of sp³-hybridized carbons (Fsp3) is 0.100. The minimum atomic E-state index is -0.0243. The number of rotatable bonds is 7. The van der Waals surface area contributed by atoms with Crippen molar-refractivity contribution >= 4 is 17.7 Å². The molecule has 0 saturated heterocycles. The minimum Gasteiger partial charge on any atom is -0.330 e. The first-order valence-electron chi connectivity index (χ1n) is 7.35. The van der Waals surface area contributed by atoms with E-state index in [1.165, 1.54) is 11.8 Å². The van der Waals surface area contributed by atoms with Gasteiger partial charge in [0.1, 0.15) is 0 Å². The molecule has 0 saturated carbocycles. The Morgan fingerprint density at radius 1 is 1.09 bits per heavy atom. The van der Waals surface area contributed by atoms with Crippen LogP contribution in [-0.4, -0.2) is 17.4 Å². The molecule has 0 unspecified atom stereocenters. The summed E-state index contributed by atoms with van der Waals surface area (Å²) in [4.78, 5) is 15.3. The number of carbonyl (C=O) groups is 1.